The second-order valence-electron chi connectivity index (χ2n) is 6.31. The molecular weight excluding hydrogens is 296 g/mol. The number of aliphatic carboxylic acids is 1. The molecule has 0 amide bonds. The molecule has 0 aliphatic heterocycles. The van der Waals surface area contributed by atoms with Crippen LogP contribution < -0.4 is 4.74 Å². The highest BCUT2D eigenvalue weighted by Gasteiger charge is 2.38. The summed E-state index contributed by atoms with van der Waals surface area (Å²) >= 11 is 0. The highest BCUT2D eigenvalue weighted by molar-refractivity contribution is 5.95. The lowest BCUT2D eigenvalue weighted by Crippen LogP contribution is -2.34. The van der Waals surface area contributed by atoms with E-state index in [0.717, 1.165) is 5.56 Å². The minimum absolute atomic E-state index is 0.0180. The van der Waals surface area contributed by atoms with Gasteiger partial charge in [-0.25, -0.2) is 0 Å². The van der Waals surface area contributed by atoms with E-state index in [1.54, 1.807) is 25.1 Å². The van der Waals surface area contributed by atoms with Gasteiger partial charge < -0.3 is 14.9 Å². The van der Waals surface area contributed by atoms with Gasteiger partial charge in [0.1, 0.15) is 0 Å². The number of benzene rings is 1. The van der Waals surface area contributed by atoms with Crippen LogP contribution in [0.15, 0.2) is 24.3 Å². The summed E-state index contributed by atoms with van der Waals surface area (Å²) in [5, 5.41) is 18.8. The van der Waals surface area contributed by atoms with Gasteiger partial charge in [0.15, 0.2) is 17.3 Å². The van der Waals surface area contributed by atoms with E-state index in [1.165, 1.54) is 19.3 Å². The molecule has 0 bridgehead atoms. The van der Waals surface area contributed by atoms with E-state index in [1.807, 2.05) is 0 Å². The zero-order chi connectivity index (χ0) is 17.0. The number of hydrogen-bond donors (Lipinski definition) is 2. The van der Waals surface area contributed by atoms with Gasteiger partial charge in [0.05, 0.1) is 12.5 Å². The van der Waals surface area contributed by atoms with Gasteiger partial charge in [-0.05, 0) is 56.4 Å². The lowest BCUT2D eigenvalue weighted by Gasteiger charge is -2.32. The van der Waals surface area contributed by atoms with Crippen LogP contribution >= 0.6 is 0 Å². The molecule has 0 unspecified atom stereocenters. The van der Waals surface area contributed by atoms with Crippen LogP contribution in [0.3, 0.4) is 0 Å². The highest BCUT2D eigenvalue weighted by atomic mass is 16.5. The summed E-state index contributed by atoms with van der Waals surface area (Å²) < 4.78 is 5.03. The van der Waals surface area contributed by atoms with Crippen molar-refractivity contribution in [1.29, 1.82) is 0 Å². The number of ether oxygens (including phenoxy) is 1. The zero-order valence-electron chi connectivity index (χ0n) is 13.4. The molecule has 1 fully saturated rings. The van der Waals surface area contributed by atoms with Crippen molar-refractivity contribution in [2.45, 2.75) is 32.6 Å². The van der Waals surface area contributed by atoms with Crippen molar-refractivity contribution >= 4 is 17.8 Å². The van der Waals surface area contributed by atoms with Crippen molar-refractivity contribution in [3.05, 3.63) is 29.8 Å². The zero-order valence-corrected chi connectivity index (χ0v) is 13.4. The summed E-state index contributed by atoms with van der Waals surface area (Å²) in [6, 6.07) is 4.87. The second kappa shape index (κ2) is 6.86. The Kier molecular flexibility index (Phi) is 5.08. The fourth-order valence-electron chi connectivity index (χ4n) is 2.87. The van der Waals surface area contributed by atoms with Crippen LogP contribution in [0.2, 0.25) is 0 Å². The fraction of sp³-hybridized carbons (Fsp3) is 0.444. The number of phenols is 1. The first-order chi connectivity index (χ1) is 10.9. The van der Waals surface area contributed by atoms with Crippen LogP contribution in [0.4, 0.5) is 0 Å². The number of hydrogen-bond acceptors (Lipinski definition) is 4. The van der Waals surface area contributed by atoms with E-state index >= 15 is 0 Å². The Morgan fingerprint density at radius 2 is 1.96 bits per heavy atom. The molecule has 2 rings (SSSR count). The van der Waals surface area contributed by atoms with Crippen molar-refractivity contribution in [3.63, 3.8) is 0 Å². The third-order valence-corrected chi connectivity index (χ3v) is 4.65. The van der Waals surface area contributed by atoms with Crippen molar-refractivity contribution < 1.29 is 24.5 Å². The number of carbonyl (C=O) groups excluding carboxylic acids is 1. The molecule has 0 heterocycles. The molecule has 5 nitrogen and oxygen atoms in total. The maximum absolute atomic E-state index is 12.3. The maximum Gasteiger partial charge on any atom is 0.309 e. The summed E-state index contributed by atoms with van der Waals surface area (Å²) in [6.07, 6.45) is 5.48. The van der Waals surface area contributed by atoms with E-state index in [2.05, 4.69) is 0 Å². The Hall–Kier alpha value is -2.30. The average Bonchev–Trinajstić information content (AvgIpc) is 2.54. The number of carboxylic acid groups (broad SMARTS) is 1. The summed E-state index contributed by atoms with van der Waals surface area (Å²) in [5.41, 5.74) is 0.0596. The number of rotatable bonds is 5. The predicted molar refractivity (Wildman–Crippen MR) is 86.4 cm³/mol. The number of carboxylic acids is 1. The summed E-state index contributed by atoms with van der Waals surface area (Å²) in [7, 11) is 1.47. The standard InChI is InChI=1S/C18H22O5/c1-18(17(21)22)9-7-13(8-10-18)14(19)5-3-12-4-6-15(20)16(11-12)23-2/h3-6,11,13,20H,7-10H2,1-2H3,(H,21,22). The SMILES string of the molecule is COc1cc(C=CC(=O)C2CCC(C)(C(=O)O)CC2)ccc1O. The van der Waals surface area contributed by atoms with Crippen LogP contribution in [0, 0.1) is 11.3 Å². The van der Waals surface area contributed by atoms with Crippen LogP contribution in [0.1, 0.15) is 38.2 Å². The van der Waals surface area contributed by atoms with Crippen LogP contribution in [0.5, 0.6) is 11.5 Å². The molecule has 2 N–H and O–H groups in total. The number of carbonyl (C=O) groups is 2. The van der Waals surface area contributed by atoms with Crippen LogP contribution in [-0.4, -0.2) is 29.1 Å². The molecule has 23 heavy (non-hydrogen) atoms. The average molecular weight is 318 g/mol. The largest absolute Gasteiger partial charge is 0.504 e. The Balaban J connectivity index is 1.99. The monoisotopic (exact) mass is 318 g/mol. The van der Waals surface area contributed by atoms with E-state index in [9.17, 15) is 19.8 Å². The van der Waals surface area contributed by atoms with Gasteiger partial charge >= 0.3 is 5.97 Å². The first-order valence-corrected chi connectivity index (χ1v) is 7.68. The summed E-state index contributed by atoms with van der Waals surface area (Å²) in [4.78, 5) is 23.5. The van der Waals surface area contributed by atoms with Crippen LogP contribution in [-0.2, 0) is 9.59 Å². The predicted octanol–water partition coefficient (Wildman–Crippen LogP) is 3.26. The molecule has 124 valence electrons. The maximum atomic E-state index is 12.3. The molecule has 1 aromatic carbocycles. The van der Waals surface area contributed by atoms with Crippen molar-refractivity contribution in [2.24, 2.45) is 11.3 Å². The van der Waals surface area contributed by atoms with Crippen molar-refractivity contribution in [2.75, 3.05) is 7.11 Å². The Labute approximate surface area is 135 Å². The number of ketones is 1. The van der Waals surface area contributed by atoms with E-state index in [4.69, 9.17) is 4.74 Å². The van der Waals surface area contributed by atoms with Gasteiger partial charge in [-0.1, -0.05) is 12.1 Å². The van der Waals surface area contributed by atoms with Gasteiger partial charge in [0.2, 0.25) is 0 Å². The first kappa shape index (κ1) is 17.1. The third-order valence-electron chi connectivity index (χ3n) is 4.65. The third kappa shape index (κ3) is 3.92. The summed E-state index contributed by atoms with van der Waals surface area (Å²) in [6.45, 7) is 1.74. The highest BCUT2D eigenvalue weighted by Crippen LogP contribution is 2.39. The lowest BCUT2D eigenvalue weighted by molar-refractivity contribution is -0.151. The smallest absolute Gasteiger partial charge is 0.309 e. The molecule has 1 saturated carbocycles. The number of phenolic OH excluding ortho intramolecular Hbond substituents is 1. The van der Waals surface area contributed by atoms with Crippen molar-refractivity contribution in [1.82, 2.24) is 0 Å². The van der Waals surface area contributed by atoms with Gasteiger partial charge in [0.25, 0.3) is 0 Å². The Morgan fingerprint density at radius 1 is 1.30 bits per heavy atom. The normalized spacial score (nSPS) is 24.5. The molecule has 5 heteroatoms. The van der Waals surface area contributed by atoms with E-state index in [0.29, 0.717) is 31.4 Å². The molecule has 1 aromatic rings. The molecule has 1 aliphatic rings. The van der Waals surface area contributed by atoms with Gasteiger partial charge in [-0.15, -0.1) is 0 Å². The first-order valence-electron chi connectivity index (χ1n) is 7.68. The molecule has 0 saturated heterocycles. The molecule has 0 spiro atoms. The van der Waals surface area contributed by atoms with Gasteiger partial charge in [-0.2, -0.15) is 0 Å². The molecule has 1 aliphatic carbocycles. The van der Waals surface area contributed by atoms with Crippen LogP contribution in [0.25, 0.3) is 6.08 Å². The van der Waals surface area contributed by atoms with E-state index in [-0.39, 0.29) is 17.5 Å². The second-order valence-corrected chi connectivity index (χ2v) is 6.31. The summed E-state index contributed by atoms with van der Waals surface area (Å²) in [5.74, 6) is -0.469. The van der Waals surface area contributed by atoms with Crippen molar-refractivity contribution in [3.8, 4) is 11.5 Å². The topological polar surface area (TPSA) is 83.8 Å². The Morgan fingerprint density at radius 3 is 2.52 bits per heavy atom. The quantitative estimate of drug-likeness (QED) is 0.814. The molecular formula is C18H22O5. The minimum atomic E-state index is -0.782. The number of methoxy groups -OCH3 is 1. The van der Waals surface area contributed by atoms with Gasteiger partial charge in [-0.3, -0.25) is 9.59 Å². The van der Waals surface area contributed by atoms with Gasteiger partial charge in [0, 0.05) is 5.92 Å². The van der Waals surface area contributed by atoms with E-state index < -0.39 is 11.4 Å². The molecule has 0 aromatic heterocycles. The number of allylic oxidation sites excluding steroid dienone is 1. The fourth-order valence-corrected chi connectivity index (χ4v) is 2.87. The molecule has 0 radical (unpaired) electrons. The lowest BCUT2D eigenvalue weighted by atomic mass is 9.71. The Bertz CT molecular complexity index is 624. The molecule has 0 atom stereocenters. The number of aromatic hydroxyl groups is 1. The minimum Gasteiger partial charge on any atom is -0.504 e.